The van der Waals surface area contributed by atoms with E-state index in [0.29, 0.717) is 0 Å². The van der Waals surface area contributed by atoms with E-state index in [9.17, 15) is 9.90 Å². The van der Waals surface area contributed by atoms with Gasteiger partial charge in [-0.3, -0.25) is 0 Å². The molecule has 0 aromatic carbocycles. The first-order valence-corrected chi connectivity index (χ1v) is 27.1. The molecule has 58 heavy (non-hydrogen) atoms. The van der Waals surface area contributed by atoms with Crippen molar-refractivity contribution in [3.63, 3.8) is 0 Å². The fourth-order valence-electron chi connectivity index (χ4n) is 9.01. The summed E-state index contributed by atoms with van der Waals surface area (Å²) in [4.78, 5) is 13.5. The van der Waals surface area contributed by atoms with Crippen molar-refractivity contribution in [1.82, 2.24) is 4.90 Å². The Balaban J connectivity index is 0. The van der Waals surface area contributed by atoms with E-state index in [1.807, 2.05) is 0 Å². The van der Waals surface area contributed by atoms with Gasteiger partial charge in [-0.25, -0.2) is 0 Å². The average Bonchev–Trinajstić information content (AvgIpc) is 3.21. The van der Waals surface area contributed by atoms with E-state index in [4.69, 9.17) is 0 Å². The third-order valence-corrected chi connectivity index (χ3v) is 13.0. The summed E-state index contributed by atoms with van der Waals surface area (Å²) in [5.41, 5.74) is 0. The van der Waals surface area contributed by atoms with E-state index in [0.717, 1.165) is 25.8 Å². The minimum Gasteiger partial charge on any atom is -0.550 e. The molecular formula is C54H108LiNO2. The number of carboxylic acid groups (broad SMARTS) is 1. The number of carbonyl (C=O) groups is 1. The molecule has 0 rings (SSSR count). The zero-order valence-electron chi connectivity index (χ0n) is 40.8. The van der Waals surface area contributed by atoms with E-state index in [1.165, 1.54) is 296 Å². The summed E-state index contributed by atoms with van der Waals surface area (Å²) in [6.07, 6.45) is 66.5. The molecule has 0 aliphatic heterocycles. The van der Waals surface area contributed by atoms with Gasteiger partial charge in [0, 0.05) is 5.97 Å². The van der Waals surface area contributed by atoms with Gasteiger partial charge in [0.2, 0.25) is 0 Å². The van der Waals surface area contributed by atoms with E-state index in [2.05, 4.69) is 18.7 Å². The van der Waals surface area contributed by atoms with Crippen LogP contribution in [0.1, 0.15) is 322 Å². The number of carboxylic acids is 1. The predicted octanol–water partition coefficient (Wildman–Crippen LogP) is 14.8. The molecule has 0 amide bonds. The third kappa shape index (κ3) is 54.0. The average molecular weight is 810 g/mol. The van der Waals surface area contributed by atoms with Crippen molar-refractivity contribution >= 4 is 5.97 Å². The topological polar surface area (TPSA) is 43.4 Å². The molecule has 0 aromatic heterocycles. The zero-order valence-corrected chi connectivity index (χ0v) is 40.8. The number of hydrogen-bond acceptors (Lipinski definition) is 3. The Bertz CT molecular complexity index is 684. The van der Waals surface area contributed by atoms with Gasteiger partial charge in [0.1, 0.15) is 0 Å². The fraction of sp³-hybridized carbons (Fsp3) is 0.981. The maximum atomic E-state index is 10.8. The summed E-state index contributed by atoms with van der Waals surface area (Å²) in [6, 6.07) is 0. The minimum absolute atomic E-state index is 0. The van der Waals surface area contributed by atoms with Crippen LogP contribution in [0.25, 0.3) is 0 Å². The van der Waals surface area contributed by atoms with Crippen LogP contribution in [0.3, 0.4) is 0 Å². The summed E-state index contributed by atoms with van der Waals surface area (Å²) in [6.45, 7) is 8.22. The Kier molecular flexibility index (Phi) is 57.1. The molecule has 0 spiro atoms. The largest absolute Gasteiger partial charge is 1.00 e. The van der Waals surface area contributed by atoms with E-state index in [-0.39, 0.29) is 25.3 Å². The van der Waals surface area contributed by atoms with Crippen molar-refractivity contribution in [2.24, 2.45) is 0 Å². The van der Waals surface area contributed by atoms with Gasteiger partial charge >= 0.3 is 18.9 Å². The second kappa shape index (κ2) is 55.0. The Hall–Kier alpha value is 0.0274. The van der Waals surface area contributed by atoms with Gasteiger partial charge in [0.25, 0.3) is 0 Å². The van der Waals surface area contributed by atoms with Crippen molar-refractivity contribution in [2.75, 3.05) is 19.6 Å². The van der Waals surface area contributed by atoms with E-state index in [1.54, 1.807) is 0 Å². The Morgan fingerprint density at radius 3 is 0.603 bits per heavy atom. The molecule has 0 fully saturated rings. The van der Waals surface area contributed by atoms with Crippen LogP contribution in [-0.4, -0.2) is 30.5 Å². The molecule has 0 N–H and O–H groups in total. The molecule has 0 heterocycles. The Labute approximate surface area is 379 Å². The van der Waals surface area contributed by atoms with Gasteiger partial charge in [-0.1, -0.05) is 290 Å². The zero-order chi connectivity index (χ0) is 41.2. The second-order valence-corrected chi connectivity index (χ2v) is 18.9. The van der Waals surface area contributed by atoms with E-state index < -0.39 is 5.97 Å². The summed E-state index contributed by atoms with van der Waals surface area (Å²) < 4.78 is 0. The van der Waals surface area contributed by atoms with Gasteiger partial charge in [-0.15, -0.1) is 0 Å². The van der Waals surface area contributed by atoms with Gasteiger partial charge in [0.05, 0.1) is 0 Å². The van der Waals surface area contributed by atoms with Crippen molar-refractivity contribution in [2.45, 2.75) is 322 Å². The molecule has 342 valence electrons. The van der Waals surface area contributed by atoms with Crippen LogP contribution in [0.4, 0.5) is 0 Å². The van der Waals surface area contributed by atoms with E-state index >= 15 is 0 Å². The first-order valence-electron chi connectivity index (χ1n) is 27.1. The normalized spacial score (nSPS) is 11.5. The number of nitrogens with zero attached hydrogens (tertiary/aromatic N) is 1. The fourth-order valence-corrected chi connectivity index (χ4v) is 9.01. The number of carbonyl (C=O) groups excluding carboxylic acids is 1. The molecule has 0 aromatic rings. The standard InChI is InChI=1S/C54H109NO2.Li/c1-3-5-7-9-11-13-15-17-19-21-23-25-27-29-31-33-35-37-39-41-43-47-51-55(53-49-45-46-50-54(56)57)52-48-44-42-40-38-36-34-32-30-28-26-24-22-20-18-16-14-12-10-8-6-4-2;/h3-53H2,1-2H3,(H,56,57);/q;+1/p-1. The number of unbranched alkanes of at least 4 members (excludes halogenated alkanes) is 44. The molecule has 0 saturated heterocycles. The molecule has 0 unspecified atom stereocenters. The monoisotopic (exact) mass is 810 g/mol. The SMILES string of the molecule is CCCCCCCCCCCCCCCCCCCCCCCCN(CCCCCCCCCCCCCCCCCCCCCCCC)CCCCCC(=O)[O-].[Li+]. The molecule has 0 aliphatic rings. The van der Waals surface area contributed by atoms with Crippen molar-refractivity contribution < 1.29 is 28.8 Å². The molecule has 0 radical (unpaired) electrons. The smallest absolute Gasteiger partial charge is 0.550 e. The van der Waals surface area contributed by atoms with Gasteiger partial charge in [-0.2, -0.15) is 0 Å². The summed E-state index contributed by atoms with van der Waals surface area (Å²) in [5, 5.41) is 10.8. The molecule has 0 bridgehead atoms. The first kappa shape index (κ1) is 60.1. The van der Waals surface area contributed by atoms with Crippen LogP contribution in [0.15, 0.2) is 0 Å². The second-order valence-electron chi connectivity index (χ2n) is 18.9. The maximum Gasteiger partial charge on any atom is 1.00 e. The van der Waals surface area contributed by atoms with Crippen LogP contribution >= 0.6 is 0 Å². The summed E-state index contributed by atoms with van der Waals surface area (Å²) in [5.74, 6) is -0.892. The summed E-state index contributed by atoms with van der Waals surface area (Å²) in [7, 11) is 0. The van der Waals surface area contributed by atoms with Crippen LogP contribution in [0.2, 0.25) is 0 Å². The molecule has 3 nitrogen and oxygen atoms in total. The number of rotatable bonds is 52. The van der Waals surface area contributed by atoms with Gasteiger partial charge in [-0.05, 0) is 51.7 Å². The van der Waals surface area contributed by atoms with Crippen LogP contribution in [0, 0.1) is 0 Å². The molecule has 0 atom stereocenters. The number of aliphatic carboxylic acids is 1. The van der Waals surface area contributed by atoms with Crippen LogP contribution in [-0.2, 0) is 4.79 Å². The molecular weight excluding hydrogens is 702 g/mol. The maximum absolute atomic E-state index is 10.8. The van der Waals surface area contributed by atoms with Crippen molar-refractivity contribution in [3.8, 4) is 0 Å². The van der Waals surface area contributed by atoms with Crippen LogP contribution < -0.4 is 24.0 Å². The van der Waals surface area contributed by atoms with Crippen molar-refractivity contribution in [1.29, 1.82) is 0 Å². The Morgan fingerprint density at radius 2 is 0.431 bits per heavy atom. The molecule has 0 saturated carbocycles. The first-order chi connectivity index (χ1) is 28.2. The molecule has 4 heteroatoms. The quantitative estimate of drug-likeness (QED) is 0.0454. The Morgan fingerprint density at radius 1 is 0.276 bits per heavy atom. The van der Waals surface area contributed by atoms with Gasteiger partial charge < -0.3 is 14.8 Å². The predicted molar refractivity (Wildman–Crippen MR) is 254 cm³/mol. The van der Waals surface area contributed by atoms with Crippen LogP contribution in [0.5, 0.6) is 0 Å². The third-order valence-electron chi connectivity index (χ3n) is 13.0. The summed E-state index contributed by atoms with van der Waals surface area (Å²) >= 11 is 0. The number of hydrogen-bond donors (Lipinski definition) is 0. The minimum atomic E-state index is -0.892. The van der Waals surface area contributed by atoms with Crippen molar-refractivity contribution in [3.05, 3.63) is 0 Å². The molecule has 0 aliphatic carbocycles. The van der Waals surface area contributed by atoms with Gasteiger partial charge in [0.15, 0.2) is 0 Å².